The lowest BCUT2D eigenvalue weighted by Gasteiger charge is -2.10. The Bertz CT molecular complexity index is 302. The molecule has 1 fully saturated rings. The summed E-state index contributed by atoms with van der Waals surface area (Å²) < 4.78 is 1.97. The highest BCUT2D eigenvalue weighted by atomic mass is 35.5. The molecule has 1 aromatic heterocycles. The van der Waals surface area contributed by atoms with Gasteiger partial charge in [0.2, 0.25) is 0 Å². The molecule has 0 aliphatic heterocycles. The molecule has 0 aromatic carbocycles. The third-order valence-corrected chi connectivity index (χ3v) is 3.30. The molecule has 0 spiro atoms. The van der Waals surface area contributed by atoms with Crippen molar-refractivity contribution in [3.8, 4) is 0 Å². The summed E-state index contributed by atoms with van der Waals surface area (Å²) >= 11 is 6.23. The summed E-state index contributed by atoms with van der Waals surface area (Å²) in [4.78, 5) is 0. The number of aromatic nitrogens is 2. The Labute approximate surface area is 89.2 Å². The van der Waals surface area contributed by atoms with E-state index >= 15 is 0 Å². The average Bonchev–Trinajstić information content (AvgIpc) is 2.77. The van der Waals surface area contributed by atoms with Crippen molar-refractivity contribution in [2.24, 2.45) is 5.73 Å². The van der Waals surface area contributed by atoms with Crippen molar-refractivity contribution in [1.29, 1.82) is 0 Å². The molecular formula is C10H16ClN3. The van der Waals surface area contributed by atoms with Gasteiger partial charge in [-0.3, -0.25) is 4.68 Å². The molecule has 0 amide bonds. The predicted octanol–water partition coefficient (Wildman–Crippen LogP) is 2.15. The average molecular weight is 214 g/mol. The van der Waals surface area contributed by atoms with E-state index in [1.807, 2.05) is 10.9 Å². The zero-order valence-corrected chi connectivity index (χ0v) is 9.00. The van der Waals surface area contributed by atoms with Crippen LogP contribution in [0.4, 0.5) is 0 Å². The molecule has 1 aliphatic carbocycles. The van der Waals surface area contributed by atoms with Gasteiger partial charge in [0.15, 0.2) is 0 Å². The van der Waals surface area contributed by atoms with Crippen LogP contribution >= 0.6 is 11.6 Å². The van der Waals surface area contributed by atoms with Crippen molar-refractivity contribution in [1.82, 2.24) is 9.78 Å². The molecule has 0 bridgehead atoms. The number of rotatable bonds is 3. The highest BCUT2D eigenvalue weighted by Gasteiger charge is 2.20. The first kappa shape index (κ1) is 9.99. The summed E-state index contributed by atoms with van der Waals surface area (Å²) in [6.45, 7) is 0.635. The highest BCUT2D eigenvalue weighted by molar-refractivity contribution is 6.30. The lowest BCUT2D eigenvalue weighted by atomic mass is 10.2. The Balaban J connectivity index is 2.17. The zero-order valence-electron chi connectivity index (χ0n) is 8.25. The topological polar surface area (TPSA) is 43.8 Å². The molecule has 1 saturated carbocycles. The Hall–Kier alpha value is -0.540. The van der Waals surface area contributed by atoms with Crippen molar-refractivity contribution < 1.29 is 0 Å². The third-order valence-electron chi connectivity index (χ3n) is 2.89. The molecule has 4 heteroatoms. The smallest absolute Gasteiger partial charge is 0.130 e. The maximum atomic E-state index is 6.23. The molecule has 1 aromatic rings. The fraction of sp³-hybridized carbons (Fsp3) is 0.700. The minimum absolute atomic E-state index is 0.522. The summed E-state index contributed by atoms with van der Waals surface area (Å²) in [5.74, 6) is 0. The van der Waals surface area contributed by atoms with E-state index in [4.69, 9.17) is 17.3 Å². The number of halogens is 1. The molecule has 1 heterocycles. The fourth-order valence-corrected chi connectivity index (χ4v) is 2.43. The van der Waals surface area contributed by atoms with Gasteiger partial charge in [0, 0.05) is 5.56 Å². The maximum Gasteiger partial charge on any atom is 0.130 e. The van der Waals surface area contributed by atoms with Gasteiger partial charge in [-0.1, -0.05) is 24.4 Å². The predicted molar refractivity (Wildman–Crippen MR) is 57.5 cm³/mol. The minimum atomic E-state index is 0.522. The summed E-state index contributed by atoms with van der Waals surface area (Å²) in [7, 11) is 0. The van der Waals surface area contributed by atoms with Gasteiger partial charge in [-0.15, -0.1) is 0 Å². The zero-order chi connectivity index (χ0) is 9.97. The van der Waals surface area contributed by atoms with Crippen LogP contribution in [0.2, 0.25) is 5.15 Å². The van der Waals surface area contributed by atoms with Crippen LogP contribution in [0.3, 0.4) is 0 Å². The van der Waals surface area contributed by atoms with Crippen molar-refractivity contribution in [3.05, 3.63) is 16.9 Å². The van der Waals surface area contributed by atoms with Crippen LogP contribution in [0, 0.1) is 0 Å². The van der Waals surface area contributed by atoms with Crippen LogP contribution in [0.1, 0.15) is 37.3 Å². The van der Waals surface area contributed by atoms with Gasteiger partial charge in [0.05, 0.1) is 12.2 Å². The van der Waals surface area contributed by atoms with E-state index < -0.39 is 0 Å². The van der Waals surface area contributed by atoms with Gasteiger partial charge in [-0.05, 0) is 25.8 Å². The number of hydrogen-bond acceptors (Lipinski definition) is 2. The first-order valence-electron chi connectivity index (χ1n) is 5.25. The van der Waals surface area contributed by atoms with Crippen LogP contribution < -0.4 is 5.73 Å². The molecule has 0 unspecified atom stereocenters. The molecule has 2 N–H and O–H groups in total. The van der Waals surface area contributed by atoms with E-state index in [1.54, 1.807) is 0 Å². The summed E-state index contributed by atoms with van der Waals surface area (Å²) in [6, 6.07) is 0.522. The van der Waals surface area contributed by atoms with Crippen LogP contribution in [0.25, 0.3) is 0 Å². The van der Waals surface area contributed by atoms with Gasteiger partial charge < -0.3 is 5.73 Å². The molecule has 2 rings (SSSR count). The first-order valence-corrected chi connectivity index (χ1v) is 5.62. The van der Waals surface area contributed by atoms with E-state index in [-0.39, 0.29) is 0 Å². The van der Waals surface area contributed by atoms with Crippen LogP contribution in [0.5, 0.6) is 0 Å². The van der Waals surface area contributed by atoms with Crippen molar-refractivity contribution in [2.45, 2.75) is 38.1 Å². The number of nitrogens with zero attached hydrogens (tertiary/aromatic N) is 2. The SMILES string of the molecule is NCCc1cnn(C2CCCC2)c1Cl. The van der Waals surface area contributed by atoms with Crippen LogP contribution in [-0.2, 0) is 6.42 Å². The molecule has 0 saturated heterocycles. The molecule has 3 nitrogen and oxygen atoms in total. The standard InChI is InChI=1S/C10H16ClN3/c11-10-8(5-6-12)7-13-14(10)9-3-1-2-4-9/h7,9H,1-6,12H2. The van der Waals surface area contributed by atoms with E-state index in [9.17, 15) is 0 Å². The Morgan fingerprint density at radius 2 is 2.21 bits per heavy atom. The Morgan fingerprint density at radius 3 is 2.86 bits per heavy atom. The monoisotopic (exact) mass is 213 g/mol. The molecule has 78 valence electrons. The largest absolute Gasteiger partial charge is 0.330 e. The van der Waals surface area contributed by atoms with Crippen LogP contribution in [0.15, 0.2) is 6.20 Å². The maximum absolute atomic E-state index is 6.23. The van der Waals surface area contributed by atoms with E-state index in [2.05, 4.69) is 5.10 Å². The van der Waals surface area contributed by atoms with Gasteiger partial charge in [-0.25, -0.2) is 0 Å². The second-order valence-electron chi connectivity index (χ2n) is 3.88. The normalized spacial score (nSPS) is 17.9. The second-order valence-corrected chi connectivity index (χ2v) is 4.24. The fourth-order valence-electron chi connectivity index (χ4n) is 2.11. The number of nitrogens with two attached hydrogens (primary N) is 1. The third kappa shape index (κ3) is 1.79. The summed E-state index contributed by atoms with van der Waals surface area (Å²) in [6.07, 6.45) is 7.70. The quantitative estimate of drug-likeness (QED) is 0.836. The molecule has 14 heavy (non-hydrogen) atoms. The molecule has 0 radical (unpaired) electrons. The number of hydrogen-bond donors (Lipinski definition) is 1. The van der Waals surface area contributed by atoms with Crippen molar-refractivity contribution in [3.63, 3.8) is 0 Å². The van der Waals surface area contributed by atoms with Crippen molar-refractivity contribution >= 4 is 11.6 Å². The summed E-state index contributed by atoms with van der Waals surface area (Å²) in [5, 5.41) is 5.14. The Kier molecular flexibility index (Phi) is 3.08. The van der Waals surface area contributed by atoms with E-state index in [1.165, 1.54) is 25.7 Å². The van der Waals surface area contributed by atoms with E-state index in [0.29, 0.717) is 12.6 Å². The lowest BCUT2D eigenvalue weighted by molar-refractivity contribution is 0.467. The van der Waals surface area contributed by atoms with Crippen molar-refractivity contribution in [2.75, 3.05) is 6.54 Å². The van der Waals surface area contributed by atoms with E-state index in [0.717, 1.165) is 17.1 Å². The second kappa shape index (κ2) is 4.32. The molecule has 1 aliphatic rings. The highest BCUT2D eigenvalue weighted by Crippen LogP contribution is 2.32. The van der Waals surface area contributed by atoms with Gasteiger partial charge in [0.1, 0.15) is 5.15 Å². The van der Waals surface area contributed by atoms with Crippen LogP contribution in [-0.4, -0.2) is 16.3 Å². The van der Waals surface area contributed by atoms with Gasteiger partial charge >= 0.3 is 0 Å². The Morgan fingerprint density at radius 1 is 1.50 bits per heavy atom. The first-order chi connectivity index (χ1) is 6.83. The molecular weight excluding hydrogens is 198 g/mol. The van der Waals surface area contributed by atoms with Gasteiger partial charge in [0.25, 0.3) is 0 Å². The minimum Gasteiger partial charge on any atom is -0.330 e. The molecule has 0 atom stereocenters. The lowest BCUT2D eigenvalue weighted by Crippen LogP contribution is -2.07. The summed E-state index contributed by atoms with van der Waals surface area (Å²) in [5.41, 5.74) is 6.58. The van der Waals surface area contributed by atoms with Gasteiger partial charge in [-0.2, -0.15) is 5.10 Å².